The molecule has 1 N–H and O–H groups in total. The molecular formula is C9H11F2N3. The zero-order chi connectivity index (χ0) is 10.1. The zero-order valence-electron chi connectivity index (χ0n) is 8.01. The number of aromatic nitrogens is 2. The van der Waals surface area contributed by atoms with Crippen LogP contribution in [-0.2, 0) is 5.92 Å². The van der Waals surface area contributed by atoms with Crippen molar-refractivity contribution in [3.05, 3.63) is 11.3 Å². The fraction of sp³-hybridized carbons (Fsp3) is 0.667. The zero-order valence-corrected chi connectivity index (χ0v) is 8.01. The van der Waals surface area contributed by atoms with E-state index in [0.29, 0.717) is 12.2 Å². The van der Waals surface area contributed by atoms with Crippen molar-refractivity contribution in [3.8, 4) is 0 Å². The van der Waals surface area contributed by atoms with Crippen LogP contribution < -0.4 is 4.90 Å². The normalized spacial score (nSPS) is 31.1. The predicted molar refractivity (Wildman–Crippen MR) is 47.7 cm³/mol. The number of nitrogens with one attached hydrogen (secondary N) is 1. The second kappa shape index (κ2) is 2.10. The molecule has 0 spiro atoms. The van der Waals surface area contributed by atoms with Gasteiger partial charge in [0.15, 0.2) is 5.82 Å². The molecule has 1 heterocycles. The van der Waals surface area contributed by atoms with Crippen LogP contribution in [0.25, 0.3) is 0 Å². The number of alkyl halides is 2. The maximum absolute atomic E-state index is 13.6. The number of H-pyrrole nitrogens is 1. The fourth-order valence-corrected chi connectivity index (χ4v) is 2.39. The first kappa shape index (κ1) is 8.20. The van der Waals surface area contributed by atoms with E-state index in [4.69, 9.17) is 0 Å². The van der Waals surface area contributed by atoms with Crippen molar-refractivity contribution in [3.63, 3.8) is 0 Å². The molecule has 2 aliphatic rings. The van der Waals surface area contributed by atoms with E-state index in [2.05, 4.69) is 10.2 Å². The van der Waals surface area contributed by atoms with Gasteiger partial charge >= 0.3 is 0 Å². The lowest BCUT2D eigenvalue weighted by Crippen LogP contribution is -2.14. The standard InChI is InChI=1S/C9H11F2N3/c1-14(2)8-6-4-3-5(4)9(10,11)7(6)12-13-8/h4-5H,3H2,1-2H3,(H,12,13)/t4?,5-/m1/s1. The maximum Gasteiger partial charge on any atom is 0.292 e. The minimum Gasteiger partial charge on any atom is -0.361 e. The van der Waals surface area contributed by atoms with Crippen LogP contribution in [0.2, 0.25) is 0 Å². The number of rotatable bonds is 1. The summed E-state index contributed by atoms with van der Waals surface area (Å²) in [6.07, 6.45) is 0.611. The average Bonchev–Trinajstić information content (AvgIpc) is 2.70. The van der Waals surface area contributed by atoms with Gasteiger partial charge in [0.1, 0.15) is 5.69 Å². The molecule has 3 nitrogen and oxygen atoms in total. The minimum absolute atomic E-state index is 0.0381. The van der Waals surface area contributed by atoms with Crippen LogP contribution >= 0.6 is 0 Å². The third-order valence-electron chi connectivity index (χ3n) is 3.17. The molecule has 0 amide bonds. The molecule has 1 aromatic heterocycles. The molecule has 0 aliphatic heterocycles. The van der Waals surface area contributed by atoms with E-state index in [-0.39, 0.29) is 11.6 Å². The van der Waals surface area contributed by atoms with Crippen molar-refractivity contribution >= 4 is 5.82 Å². The molecule has 3 rings (SSSR count). The van der Waals surface area contributed by atoms with Crippen LogP contribution in [0.1, 0.15) is 23.6 Å². The van der Waals surface area contributed by atoms with Crippen molar-refractivity contribution in [2.24, 2.45) is 5.92 Å². The minimum atomic E-state index is -2.68. The highest BCUT2D eigenvalue weighted by Crippen LogP contribution is 2.67. The van der Waals surface area contributed by atoms with Crippen molar-refractivity contribution in [1.82, 2.24) is 10.2 Å². The lowest BCUT2D eigenvalue weighted by atomic mass is 10.1. The second-order valence-corrected chi connectivity index (χ2v) is 4.30. The summed E-state index contributed by atoms with van der Waals surface area (Å²) in [7, 11) is 3.65. The Morgan fingerprint density at radius 2 is 2.21 bits per heavy atom. The molecule has 1 aromatic rings. The molecule has 0 aromatic carbocycles. The number of halogens is 2. The quantitative estimate of drug-likeness (QED) is 0.746. The van der Waals surface area contributed by atoms with E-state index in [0.717, 1.165) is 5.56 Å². The molecule has 14 heavy (non-hydrogen) atoms. The Morgan fingerprint density at radius 3 is 2.86 bits per heavy atom. The van der Waals surface area contributed by atoms with E-state index < -0.39 is 11.8 Å². The van der Waals surface area contributed by atoms with Crippen molar-refractivity contribution in [2.75, 3.05) is 19.0 Å². The number of hydrogen-bond acceptors (Lipinski definition) is 2. The molecule has 0 bridgehead atoms. The second-order valence-electron chi connectivity index (χ2n) is 4.30. The third-order valence-corrected chi connectivity index (χ3v) is 3.17. The SMILES string of the molecule is CN(C)c1n[nH]c2c1C1C[C@H]1C2(F)F. The summed E-state index contributed by atoms with van der Waals surface area (Å²) in [5.74, 6) is -2.44. The van der Waals surface area contributed by atoms with Crippen LogP contribution in [0.3, 0.4) is 0 Å². The topological polar surface area (TPSA) is 31.9 Å². The van der Waals surface area contributed by atoms with E-state index >= 15 is 0 Å². The van der Waals surface area contributed by atoms with Crippen LogP contribution in [0, 0.1) is 5.92 Å². The van der Waals surface area contributed by atoms with Gasteiger partial charge in [-0.05, 0) is 12.3 Å². The Labute approximate surface area is 80.1 Å². The summed E-state index contributed by atoms with van der Waals surface area (Å²) in [5, 5.41) is 6.41. The van der Waals surface area contributed by atoms with Gasteiger partial charge in [-0.3, -0.25) is 5.10 Å². The van der Waals surface area contributed by atoms with Crippen molar-refractivity contribution in [2.45, 2.75) is 18.3 Å². The van der Waals surface area contributed by atoms with Crippen molar-refractivity contribution < 1.29 is 8.78 Å². The van der Waals surface area contributed by atoms with Crippen LogP contribution in [-0.4, -0.2) is 24.3 Å². The van der Waals surface area contributed by atoms with Gasteiger partial charge in [-0.1, -0.05) is 0 Å². The van der Waals surface area contributed by atoms with Gasteiger partial charge < -0.3 is 4.90 Å². The van der Waals surface area contributed by atoms with Crippen LogP contribution in [0.5, 0.6) is 0 Å². The number of aromatic amines is 1. The Morgan fingerprint density at radius 1 is 1.50 bits per heavy atom. The Balaban J connectivity index is 2.17. The molecule has 0 saturated heterocycles. The molecule has 5 heteroatoms. The molecule has 2 aliphatic carbocycles. The highest BCUT2D eigenvalue weighted by atomic mass is 19.3. The van der Waals surface area contributed by atoms with E-state index in [1.54, 1.807) is 4.90 Å². The van der Waals surface area contributed by atoms with Gasteiger partial charge in [0.05, 0.1) is 0 Å². The fourth-order valence-electron chi connectivity index (χ4n) is 2.39. The Hall–Kier alpha value is -1.13. The molecular weight excluding hydrogens is 188 g/mol. The molecule has 2 atom stereocenters. The first-order chi connectivity index (χ1) is 6.53. The molecule has 1 saturated carbocycles. The molecule has 0 radical (unpaired) electrons. The highest BCUT2D eigenvalue weighted by molar-refractivity contribution is 5.57. The summed E-state index contributed by atoms with van der Waals surface area (Å²) < 4.78 is 27.1. The lowest BCUT2D eigenvalue weighted by molar-refractivity contribution is -0.0268. The van der Waals surface area contributed by atoms with Crippen LogP contribution in [0.15, 0.2) is 0 Å². The summed E-state index contributed by atoms with van der Waals surface area (Å²) >= 11 is 0. The predicted octanol–water partition coefficient (Wildman–Crippen LogP) is 1.68. The van der Waals surface area contributed by atoms with Crippen LogP contribution in [0.4, 0.5) is 14.6 Å². The molecule has 1 unspecified atom stereocenters. The monoisotopic (exact) mass is 199 g/mol. The number of hydrogen-bond donors (Lipinski definition) is 1. The van der Waals surface area contributed by atoms with Gasteiger partial charge in [-0.2, -0.15) is 13.9 Å². The molecule has 1 fully saturated rings. The first-order valence-electron chi connectivity index (χ1n) is 4.67. The van der Waals surface area contributed by atoms with E-state index in [9.17, 15) is 8.78 Å². The number of fused-ring (bicyclic) bond motifs is 3. The average molecular weight is 199 g/mol. The first-order valence-corrected chi connectivity index (χ1v) is 4.67. The van der Waals surface area contributed by atoms with Gasteiger partial charge in [-0.15, -0.1) is 0 Å². The Kier molecular flexibility index (Phi) is 1.23. The third kappa shape index (κ3) is 0.738. The summed E-state index contributed by atoms with van der Waals surface area (Å²) in [4.78, 5) is 1.78. The summed E-state index contributed by atoms with van der Waals surface area (Å²) in [6.45, 7) is 0. The number of anilines is 1. The van der Waals surface area contributed by atoms with Gasteiger partial charge in [0, 0.05) is 25.6 Å². The van der Waals surface area contributed by atoms with Crippen molar-refractivity contribution in [1.29, 1.82) is 0 Å². The molecule has 76 valence electrons. The highest BCUT2D eigenvalue weighted by Gasteiger charge is 2.66. The summed E-state index contributed by atoms with van der Waals surface area (Å²) in [6, 6.07) is 0. The Bertz CT molecular complexity index is 397. The van der Waals surface area contributed by atoms with E-state index in [1.165, 1.54) is 0 Å². The van der Waals surface area contributed by atoms with Gasteiger partial charge in [0.2, 0.25) is 0 Å². The van der Waals surface area contributed by atoms with Gasteiger partial charge in [-0.25, -0.2) is 0 Å². The van der Waals surface area contributed by atoms with E-state index in [1.807, 2.05) is 14.1 Å². The lowest BCUT2D eigenvalue weighted by Gasteiger charge is -2.10. The van der Waals surface area contributed by atoms with Gasteiger partial charge in [0.25, 0.3) is 5.92 Å². The number of nitrogens with zero attached hydrogens (tertiary/aromatic N) is 2. The maximum atomic E-state index is 13.6. The largest absolute Gasteiger partial charge is 0.361 e. The smallest absolute Gasteiger partial charge is 0.292 e. The summed E-state index contributed by atoms with van der Waals surface area (Å²) in [5.41, 5.74) is 0.785.